The third kappa shape index (κ3) is 4.88. The molecule has 0 unspecified atom stereocenters. The molecule has 1 fully saturated rings. The molecule has 0 radical (unpaired) electrons. The van der Waals surface area contributed by atoms with E-state index in [4.69, 9.17) is 16.3 Å². The topological polar surface area (TPSA) is 119 Å². The van der Waals surface area contributed by atoms with Gasteiger partial charge in [-0.15, -0.1) is 0 Å². The maximum Gasteiger partial charge on any atom is 0.345 e. The van der Waals surface area contributed by atoms with Crippen LogP contribution in [0.2, 0.25) is 5.02 Å². The summed E-state index contributed by atoms with van der Waals surface area (Å²) in [6, 6.07) is 10.2. The number of nitro benzene ring substituents is 1. The van der Waals surface area contributed by atoms with Gasteiger partial charge < -0.3 is 15.0 Å². The number of carbonyl (C=O) groups excluding carboxylic acids is 3. The number of anilines is 2. The van der Waals surface area contributed by atoms with Crippen molar-refractivity contribution in [3.8, 4) is 0 Å². The number of hydrogen-bond acceptors (Lipinski definition) is 6. The third-order valence-corrected chi connectivity index (χ3v) is 4.46. The molecule has 1 N–H and O–H groups in total. The fourth-order valence-electron chi connectivity index (χ4n) is 2.91. The second kappa shape index (κ2) is 8.70. The van der Waals surface area contributed by atoms with E-state index in [1.165, 1.54) is 6.07 Å². The van der Waals surface area contributed by atoms with Crippen LogP contribution in [-0.4, -0.2) is 35.9 Å². The van der Waals surface area contributed by atoms with Crippen molar-refractivity contribution in [2.24, 2.45) is 0 Å². The highest BCUT2D eigenvalue weighted by Gasteiger charge is 2.23. The van der Waals surface area contributed by atoms with Crippen LogP contribution >= 0.6 is 11.6 Å². The minimum absolute atomic E-state index is 0.0190. The Morgan fingerprint density at radius 1 is 1.24 bits per heavy atom. The van der Waals surface area contributed by atoms with Gasteiger partial charge >= 0.3 is 5.97 Å². The summed E-state index contributed by atoms with van der Waals surface area (Å²) in [6.45, 7) is -0.0262. The van der Waals surface area contributed by atoms with Crippen molar-refractivity contribution >= 4 is 46.4 Å². The molecule has 0 atom stereocenters. The van der Waals surface area contributed by atoms with Gasteiger partial charge in [-0.1, -0.05) is 17.7 Å². The van der Waals surface area contributed by atoms with E-state index in [0.717, 1.165) is 18.6 Å². The molecule has 29 heavy (non-hydrogen) atoms. The van der Waals surface area contributed by atoms with E-state index in [1.807, 2.05) is 0 Å². The van der Waals surface area contributed by atoms with E-state index in [9.17, 15) is 24.5 Å². The number of hydrogen-bond donors (Lipinski definition) is 1. The van der Waals surface area contributed by atoms with Crippen LogP contribution in [0.5, 0.6) is 0 Å². The molecule has 3 rings (SSSR count). The van der Waals surface area contributed by atoms with Crippen LogP contribution in [0.4, 0.5) is 17.1 Å². The van der Waals surface area contributed by atoms with Crippen molar-refractivity contribution in [2.75, 3.05) is 23.4 Å². The molecule has 2 amide bonds. The molecule has 9 nitrogen and oxygen atoms in total. The zero-order valence-electron chi connectivity index (χ0n) is 15.1. The molecule has 1 heterocycles. The van der Waals surface area contributed by atoms with Crippen molar-refractivity contribution in [3.05, 3.63) is 63.2 Å². The summed E-state index contributed by atoms with van der Waals surface area (Å²) in [4.78, 5) is 48.0. The first-order valence-electron chi connectivity index (χ1n) is 8.66. The number of rotatable bonds is 6. The molecule has 1 aliphatic heterocycles. The van der Waals surface area contributed by atoms with E-state index in [2.05, 4.69) is 5.32 Å². The van der Waals surface area contributed by atoms with Gasteiger partial charge in [0.1, 0.15) is 5.56 Å². The quantitative estimate of drug-likeness (QED) is 0.438. The van der Waals surface area contributed by atoms with E-state index in [1.54, 1.807) is 29.2 Å². The van der Waals surface area contributed by atoms with Crippen LogP contribution in [0.3, 0.4) is 0 Å². The Balaban J connectivity index is 1.62. The van der Waals surface area contributed by atoms with E-state index in [-0.39, 0.29) is 16.5 Å². The maximum absolute atomic E-state index is 12.1. The highest BCUT2D eigenvalue weighted by atomic mass is 35.5. The number of benzene rings is 2. The first-order chi connectivity index (χ1) is 13.8. The van der Waals surface area contributed by atoms with Crippen molar-refractivity contribution < 1.29 is 24.0 Å². The highest BCUT2D eigenvalue weighted by molar-refractivity contribution is 6.31. The second-order valence-electron chi connectivity index (χ2n) is 6.24. The Kier molecular flexibility index (Phi) is 6.08. The summed E-state index contributed by atoms with van der Waals surface area (Å²) in [5.74, 6) is -1.65. The number of ether oxygens (including phenoxy) is 1. The van der Waals surface area contributed by atoms with Gasteiger partial charge in [-0.25, -0.2) is 4.79 Å². The van der Waals surface area contributed by atoms with Crippen LogP contribution in [0.15, 0.2) is 42.5 Å². The lowest BCUT2D eigenvalue weighted by molar-refractivity contribution is -0.385. The number of nitro groups is 1. The zero-order chi connectivity index (χ0) is 21.0. The number of esters is 1. The molecule has 0 saturated carbocycles. The van der Waals surface area contributed by atoms with Gasteiger partial charge in [-0.3, -0.25) is 19.7 Å². The molecule has 0 spiro atoms. The second-order valence-corrected chi connectivity index (χ2v) is 6.68. The number of halogens is 1. The van der Waals surface area contributed by atoms with Gasteiger partial charge in [0, 0.05) is 35.4 Å². The molecule has 2 aromatic rings. The Bertz CT molecular complexity index is 994. The van der Waals surface area contributed by atoms with Crippen molar-refractivity contribution in [3.63, 3.8) is 0 Å². The largest absolute Gasteiger partial charge is 0.452 e. The Morgan fingerprint density at radius 3 is 2.72 bits per heavy atom. The lowest BCUT2D eigenvalue weighted by Gasteiger charge is -2.16. The van der Waals surface area contributed by atoms with Crippen molar-refractivity contribution in [2.45, 2.75) is 12.8 Å². The molecule has 0 aromatic heterocycles. The van der Waals surface area contributed by atoms with Crippen molar-refractivity contribution in [1.29, 1.82) is 0 Å². The van der Waals surface area contributed by atoms with E-state index >= 15 is 0 Å². The zero-order valence-corrected chi connectivity index (χ0v) is 15.8. The molecule has 2 aromatic carbocycles. The number of amides is 2. The van der Waals surface area contributed by atoms with E-state index in [0.29, 0.717) is 24.3 Å². The molecular formula is C19H16ClN3O6. The van der Waals surface area contributed by atoms with Crippen LogP contribution in [0.25, 0.3) is 0 Å². The smallest absolute Gasteiger partial charge is 0.345 e. The summed E-state index contributed by atoms with van der Waals surface area (Å²) in [5.41, 5.74) is 0.279. The van der Waals surface area contributed by atoms with Crippen molar-refractivity contribution in [1.82, 2.24) is 0 Å². The van der Waals surface area contributed by atoms with Gasteiger partial charge in [-0.2, -0.15) is 0 Å². The van der Waals surface area contributed by atoms with Crippen LogP contribution < -0.4 is 10.2 Å². The highest BCUT2D eigenvalue weighted by Crippen LogP contribution is 2.25. The molecular weight excluding hydrogens is 402 g/mol. The summed E-state index contributed by atoms with van der Waals surface area (Å²) in [6.07, 6.45) is 1.27. The Hall–Kier alpha value is -3.46. The first kappa shape index (κ1) is 20.3. The molecule has 0 bridgehead atoms. The predicted molar refractivity (Wildman–Crippen MR) is 105 cm³/mol. The number of nitrogens with zero attached hydrogens (tertiary/aromatic N) is 2. The fourth-order valence-corrected chi connectivity index (χ4v) is 3.08. The normalized spacial score (nSPS) is 13.3. The Morgan fingerprint density at radius 2 is 2.03 bits per heavy atom. The standard InChI is InChI=1S/C19H16ClN3O6/c20-12-6-7-16(23(27)28)15(9-12)19(26)29-11-17(24)21-13-3-1-4-14(10-13)22-8-2-5-18(22)25/h1,3-4,6-7,9-10H,2,5,8,11H2,(H,21,24). The maximum atomic E-state index is 12.1. The molecule has 150 valence electrons. The monoisotopic (exact) mass is 417 g/mol. The first-order valence-corrected chi connectivity index (χ1v) is 9.04. The van der Waals surface area contributed by atoms with E-state index < -0.39 is 29.1 Å². The number of nitrogens with one attached hydrogen (secondary N) is 1. The minimum Gasteiger partial charge on any atom is -0.452 e. The lowest BCUT2D eigenvalue weighted by atomic mass is 10.2. The molecule has 1 saturated heterocycles. The van der Waals surface area contributed by atoms with Gasteiger partial charge in [0.05, 0.1) is 4.92 Å². The Labute approximate surface area is 170 Å². The molecule has 1 aliphatic rings. The summed E-state index contributed by atoms with van der Waals surface area (Å²) >= 11 is 5.78. The average Bonchev–Trinajstić information content (AvgIpc) is 3.12. The molecule has 0 aliphatic carbocycles. The summed E-state index contributed by atoms with van der Waals surface area (Å²) in [7, 11) is 0. The van der Waals surface area contributed by atoms with Gasteiger partial charge in [0.25, 0.3) is 11.6 Å². The van der Waals surface area contributed by atoms with Crippen LogP contribution in [0.1, 0.15) is 23.2 Å². The van der Waals surface area contributed by atoms with Gasteiger partial charge in [-0.05, 0) is 36.8 Å². The minimum atomic E-state index is -1.04. The summed E-state index contributed by atoms with van der Waals surface area (Å²) < 4.78 is 4.88. The lowest BCUT2D eigenvalue weighted by Crippen LogP contribution is -2.24. The van der Waals surface area contributed by atoms with Crippen LogP contribution in [0, 0.1) is 10.1 Å². The van der Waals surface area contributed by atoms with Gasteiger partial charge in [0.15, 0.2) is 6.61 Å². The number of carbonyl (C=O) groups is 3. The average molecular weight is 418 g/mol. The molecule has 10 heteroatoms. The van der Waals surface area contributed by atoms with Crippen LogP contribution in [-0.2, 0) is 14.3 Å². The predicted octanol–water partition coefficient (Wildman–Crippen LogP) is 3.17. The van der Waals surface area contributed by atoms with Gasteiger partial charge in [0.2, 0.25) is 5.91 Å². The fraction of sp³-hybridized carbons (Fsp3) is 0.211. The SMILES string of the molecule is O=C(COC(=O)c1cc(Cl)ccc1[N+](=O)[O-])Nc1cccc(N2CCCC2=O)c1. The summed E-state index contributed by atoms with van der Waals surface area (Å²) in [5, 5.41) is 13.7. The third-order valence-electron chi connectivity index (χ3n) is 4.22.